The van der Waals surface area contributed by atoms with Gasteiger partial charge in [0.05, 0.1) is 0 Å². The standard InChI is InChI=1S/C11H20O/c1-3-4-6-10-7-5-8-11(12)9(10)2/h9-10H,3-8H2,1-2H3. The van der Waals surface area contributed by atoms with Gasteiger partial charge in [-0.3, -0.25) is 4.79 Å². The molecule has 0 spiro atoms. The SMILES string of the molecule is CCCCC1CCCC(=O)C1C. The Morgan fingerprint density at radius 3 is 2.92 bits per heavy atom. The van der Waals surface area contributed by atoms with E-state index in [1.807, 2.05) is 0 Å². The van der Waals surface area contributed by atoms with Crippen molar-refractivity contribution in [2.45, 2.75) is 52.4 Å². The molecule has 0 aromatic carbocycles. The van der Waals surface area contributed by atoms with Crippen molar-refractivity contribution in [3.05, 3.63) is 0 Å². The van der Waals surface area contributed by atoms with Crippen molar-refractivity contribution >= 4 is 5.78 Å². The average molecular weight is 168 g/mol. The zero-order chi connectivity index (χ0) is 8.97. The molecule has 0 N–H and O–H groups in total. The second kappa shape index (κ2) is 4.64. The van der Waals surface area contributed by atoms with E-state index in [1.54, 1.807) is 0 Å². The maximum atomic E-state index is 11.4. The second-order valence-electron chi connectivity index (χ2n) is 4.05. The van der Waals surface area contributed by atoms with Crippen LogP contribution in [0, 0.1) is 11.8 Å². The van der Waals surface area contributed by atoms with Crippen molar-refractivity contribution in [1.29, 1.82) is 0 Å². The van der Waals surface area contributed by atoms with Crippen molar-refractivity contribution in [3.8, 4) is 0 Å². The number of hydrogen-bond donors (Lipinski definition) is 0. The first-order valence-electron chi connectivity index (χ1n) is 5.28. The Hall–Kier alpha value is -0.330. The molecule has 2 unspecified atom stereocenters. The van der Waals surface area contributed by atoms with Gasteiger partial charge in [-0.15, -0.1) is 0 Å². The van der Waals surface area contributed by atoms with E-state index in [4.69, 9.17) is 0 Å². The fourth-order valence-corrected chi connectivity index (χ4v) is 2.14. The summed E-state index contributed by atoms with van der Waals surface area (Å²) in [5.74, 6) is 1.55. The minimum absolute atomic E-state index is 0.352. The van der Waals surface area contributed by atoms with E-state index in [2.05, 4.69) is 13.8 Å². The third kappa shape index (κ3) is 2.33. The molecule has 12 heavy (non-hydrogen) atoms. The number of unbranched alkanes of at least 4 members (excludes halogenated alkanes) is 1. The average Bonchev–Trinajstić information content (AvgIpc) is 2.08. The van der Waals surface area contributed by atoms with Crippen LogP contribution >= 0.6 is 0 Å². The Kier molecular flexibility index (Phi) is 3.77. The molecule has 1 nitrogen and oxygen atoms in total. The molecular formula is C11H20O. The summed E-state index contributed by atoms with van der Waals surface area (Å²) in [5, 5.41) is 0. The van der Waals surface area contributed by atoms with Crippen LogP contribution in [0.5, 0.6) is 0 Å². The Balaban J connectivity index is 2.35. The normalized spacial score (nSPS) is 30.7. The summed E-state index contributed by atoms with van der Waals surface area (Å²) in [6.45, 7) is 4.33. The van der Waals surface area contributed by atoms with Gasteiger partial charge < -0.3 is 0 Å². The van der Waals surface area contributed by atoms with Crippen LogP contribution < -0.4 is 0 Å². The van der Waals surface area contributed by atoms with Crippen molar-refractivity contribution in [3.63, 3.8) is 0 Å². The Morgan fingerprint density at radius 2 is 2.25 bits per heavy atom. The molecule has 70 valence electrons. The van der Waals surface area contributed by atoms with E-state index in [1.165, 1.54) is 25.7 Å². The molecule has 0 aliphatic heterocycles. The van der Waals surface area contributed by atoms with E-state index in [0.717, 1.165) is 12.8 Å². The predicted molar refractivity (Wildman–Crippen MR) is 51.0 cm³/mol. The van der Waals surface area contributed by atoms with Crippen molar-refractivity contribution in [1.82, 2.24) is 0 Å². The fourth-order valence-electron chi connectivity index (χ4n) is 2.14. The molecule has 1 aliphatic carbocycles. The van der Waals surface area contributed by atoms with E-state index < -0.39 is 0 Å². The molecule has 0 amide bonds. The fraction of sp³-hybridized carbons (Fsp3) is 0.909. The first kappa shape index (κ1) is 9.76. The number of Topliss-reactive ketones (excluding diaryl/α,β-unsaturated/α-hetero) is 1. The summed E-state index contributed by atoms with van der Waals surface area (Å²) in [4.78, 5) is 11.4. The van der Waals surface area contributed by atoms with Crippen molar-refractivity contribution in [2.24, 2.45) is 11.8 Å². The highest BCUT2D eigenvalue weighted by atomic mass is 16.1. The van der Waals surface area contributed by atoms with Crippen LogP contribution in [0.15, 0.2) is 0 Å². The lowest BCUT2D eigenvalue weighted by atomic mass is 9.77. The summed E-state index contributed by atoms with van der Waals surface area (Å²) >= 11 is 0. The summed E-state index contributed by atoms with van der Waals surface area (Å²) in [6, 6.07) is 0. The molecule has 1 aliphatic rings. The lowest BCUT2D eigenvalue weighted by molar-refractivity contribution is -0.126. The van der Waals surface area contributed by atoms with E-state index >= 15 is 0 Å². The Bertz CT molecular complexity index is 151. The van der Waals surface area contributed by atoms with Gasteiger partial charge in [-0.2, -0.15) is 0 Å². The molecular weight excluding hydrogens is 148 g/mol. The summed E-state index contributed by atoms with van der Waals surface area (Å²) in [5.41, 5.74) is 0. The van der Waals surface area contributed by atoms with Gasteiger partial charge in [-0.25, -0.2) is 0 Å². The molecule has 0 saturated heterocycles. The number of ketones is 1. The largest absolute Gasteiger partial charge is 0.299 e. The number of rotatable bonds is 3. The molecule has 0 bridgehead atoms. The maximum absolute atomic E-state index is 11.4. The lowest BCUT2D eigenvalue weighted by Gasteiger charge is -2.27. The van der Waals surface area contributed by atoms with Crippen LogP contribution in [0.3, 0.4) is 0 Å². The third-order valence-electron chi connectivity index (χ3n) is 3.14. The molecule has 0 aromatic heterocycles. The Morgan fingerprint density at radius 1 is 1.50 bits per heavy atom. The number of carbonyl (C=O) groups is 1. The molecule has 1 rings (SSSR count). The van der Waals surface area contributed by atoms with Gasteiger partial charge >= 0.3 is 0 Å². The zero-order valence-corrected chi connectivity index (χ0v) is 8.31. The summed E-state index contributed by atoms with van der Waals surface area (Å²) in [6.07, 6.45) is 7.08. The first-order valence-corrected chi connectivity index (χ1v) is 5.28. The molecule has 0 heterocycles. The van der Waals surface area contributed by atoms with Crippen molar-refractivity contribution < 1.29 is 4.79 Å². The highest BCUT2D eigenvalue weighted by Crippen LogP contribution is 2.30. The third-order valence-corrected chi connectivity index (χ3v) is 3.14. The quantitative estimate of drug-likeness (QED) is 0.632. The summed E-state index contributed by atoms with van der Waals surface area (Å²) in [7, 11) is 0. The van der Waals surface area contributed by atoms with Gasteiger partial charge in [0.1, 0.15) is 5.78 Å². The summed E-state index contributed by atoms with van der Waals surface area (Å²) < 4.78 is 0. The number of hydrogen-bond acceptors (Lipinski definition) is 1. The van der Waals surface area contributed by atoms with Gasteiger partial charge in [0.25, 0.3) is 0 Å². The monoisotopic (exact) mass is 168 g/mol. The molecule has 2 atom stereocenters. The van der Waals surface area contributed by atoms with Crippen LogP contribution in [-0.4, -0.2) is 5.78 Å². The molecule has 1 saturated carbocycles. The highest BCUT2D eigenvalue weighted by Gasteiger charge is 2.26. The minimum atomic E-state index is 0.352. The molecule has 0 radical (unpaired) electrons. The molecule has 1 fully saturated rings. The van der Waals surface area contributed by atoms with Crippen LogP contribution in [0.1, 0.15) is 52.4 Å². The maximum Gasteiger partial charge on any atom is 0.135 e. The smallest absolute Gasteiger partial charge is 0.135 e. The van der Waals surface area contributed by atoms with Gasteiger partial charge in [-0.1, -0.05) is 26.7 Å². The molecule has 1 heteroatoms. The topological polar surface area (TPSA) is 17.1 Å². The lowest BCUT2D eigenvalue weighted by Crippen LogP contribution is -2.25. The number of carbonyl (C=O) groups excluding carboxylic acids is 1. The van der Waals surface area contributed by atoms with E-state index in [-0.39, 0.29) is 0 Å². The zero-order valence-electron chi connectivity index (χ0n) is 8.31. The van der Waals surface area contributed by atoms with Crippen LogP contribution in [0.2, 0.25) is 0 Å². The van der Waals surface area contributed by atoms with Gasteiger partial charge in [0.15, 0.2) is 0 Å². The van der Waals surface area contributed by atoms with Gasteiger partial charge in [0.2, 0.25) is 0 Å². The van der Waals surface area contributed by atoms with Gasteiger partial charge in [0, 0.05) is 12.3 Å². The van der Waals surface area contributed by atoms with E-state index in [0.29, 0.717) is 17.6 Å². The van der Waals surface area contributed by atoms with E-state index in [9.17, 15) is 4.79 Å². The van der Waals surface area contributed by atoms with Crippen LogP contribution in [0.4, 0.5) is 0 Å². The highest BCUT2D eigenvalue weighted by molar-refractivity contribution is 5.81. The Labute approximate surface area is 75.5 Å². The van der Waals surface area contributed by atoms with Crippen LogP contribution in [0.25, 0.3) is 0 Å². The first-order chi connectivity index (χ1) is 5.75. The second-order valence-corrected chi connectivity index (χ2v) is 4.05. The molecule has 0 aromatic rings. The minimum Gasteiger partial charge on any atom is -0.299 e. The van der Waals surface area contributed by atoms with Crippen LogP contribution in [-0.2, 0) is 4.79 Å². The van der Waals surface area contributed by atoms with Gasteiger partial charge in [-0.05, 0) is 25.2 Å². The van der Waals surface area contributed by atoms with Crippen molar-refractivity contribution in [2.75, 3.05) is 0 Å². The predicted octanol–water partition coefficient (Wildman–Crippen LogP) is 3.18.